The number of halogens is 1. The molecule has 3 aromatic rings. The van der Waals surface area contributed by atoms with E-state index in [1.54, 1.807) is 4.52 Å². The Balaban J connectivity index is 1.85. The lowest BCUT2D eigenvalue weighted by molar-refractivity contribution is -0.913. The van der Waals surface area contributed by atoms with Crippen molar-refractivity contribution in [3.63, 3.8) is 0 Å². The fourth-order valence-electron chi connectivity index (χ4n) is 3.50. The lowest BCUT2D eigenvalue weighted by Gasteiger charge is -2.24. The fraction of sp³-hybridized carbons (Fsp3) is 0.412. The molecule has 0 spiro atoms. The molecule has 4 rings (SSSR count). The average molecular weight is 364 g/mol. The van der Waals surface area contributed by atoms with Gasteiger partial charge in [-0.3, -0.25) is 0 Å². The SMILES string of the molecule is CCc1nc2sc([C@@H](c3ccccc3Cl)[NH+]3CCCC3)c(O)n2n1. The maximum absolute atomic E-state index is 10.8. The van der Waals surface area contributed by atoms with Gasteiger partial charge < -0.3 is 10.0 Å². The van der Waals surface area contributed by atoms with Crippen molar-refractivity contribution in [1.29, 1.82) is 0 Å². The first kappa shape index (κ1) is 15.9. The molecule has 1 aromatic carbocycles. The summed E-state index contributed by atoms with van der Waals surface area (Å²) in [6.45, 7) is 4.19. The number of nitrogens with zero attached hydrogens (tertiary/aromatic N) is 3. The topological polar surface area (TPSA) is 54.9 Å². The number of rotatable bonds is 4. The first-order valence-corrected chi connectivity index (χ1v) is 9.54. The van der Waals surface area contributed by atoms with E-state index >= 15 is 0 Å². The molecule has 2 aromatic heterocycles. The van der Waals surface area contributed by atoms with Crippen molar-refractivity contribution < 1.29 is 10.0 Å². The van der Waals surface area contributed by atoms with Gasteiger partial charge in [0.1, 0.15) is 4.88 Å². The Bertz CT molecular complexity index is 869. The molecular formula is C17H20ClN4OS+. The van der Waals surface area contributed by atoms with Gasteiger partial charge in [0, 0.05) is 24.8 Å². The van der Waals surface area contributed by atoms with Crippen molar-refractivity contribution in [3.8, 4) is 5.88 Å². The van der Waals surface area contributed by atoms with E-state index in [-0.39, 0.29) is 11.9 Å². The summed E-state index contributed by atoms with van der Waals surface area (Å²) in [4.78, 5) is 7.60. The van der Waals surface area contributed by atoms with E-state index in [0.717, 1.165) is 45.8 Å². The van der Waals surface area contributed by atoms with Crippen LogP contribution in [-0.2, 0) is 6.42 Å². The van der Waals surface area contributed by atoms with Gasteiger partial charge in [-0.05, 0) is 6.07 Å². The number of benzene rings is 1. The fourth-order valence-corrected chi connectivity index (χ4v) is 4.90. The van der Waals surface area contributed by atoms with E-state index in [4.69, 9.17) is 11.6 Å². The van der Waals surface area contributed by atoms with Crippen LogP contribution in [0.3, 0.4) is 0 Å². The van der Waals surface area contributed by atoms with Gasteiger partial charge in [0.05, 0.1) is 18.1 Å². The Morgan fingerprint density at radius 3 is 2.75 bits per heavy atom. The van der Waals surface area contributed by atoms with Gasteiger partial charge in [0.25, 0.3) is 0 Å². The molecule has 0 aliphatic carbocycles. The van der Waals surface area contributed by atoms with Crippen LogP contribution in [0.15, 0.2) is 24.3 Å². The number of nitrogens with one attached hydrogen (secondary N) is 1. The molecule has 5 nitrogen and oxygen atoms in total. The third kappa shape index (κ3) is 2.59. The number of aryl methyl sites for hydroxylation is 1. The van der Waals surface area contributed by atoms with Gasteiger partial charge in [-0.25, -0.2) is 4.98 Å². The van der Waals surface area contributed by atoms with E-state index in [1.165, 1.54) is 29.1 Å². The van der Waals surface area contributed by atoms with Crippen LogP contribution in [0.2, 0.25) is 5.02 Å². The molecule has 0 radical (unpaired) electrons. The zero-order chi connectivity index (χ0) is 16.7. The van der Waals surface area contributed by atoms with Crippen LogP contribution in [0.4, 0.5) is 0 Å². The highest BCUT2D eigenvalue weighted by atomic mass is 35.5. The van der Waals surface area contributed by atoms with E-state index in [9.17, 15) is 5.11 Å². The van der Waals surface area contributed by atoms with Crippen molar-refractivity contribution in [2.75, 3.05) is 13.1 Å². The van der Waals surface area contributed by atoms with Gasteiger partial charge in [-0.2, -0.15) is 4.52 Å². The van der Waals surface area contributed by atoms with Crippen molar-refractivity contribution >= 4 is 27.9 Å². The molecule has 0 unspecified atom stereocenters. The smallest absolute Gasteiger partial charge is 0.235 e. The van der Waals surface area contributed by atoms with Crippen LogP contribution in [0.25, 0.3) is 4.96 Å². The van der Waals surface area contributed by atoms with Crippen molar-refractivity contribution in [1.82, 2.24) is 14.6 Å². The summed E-state index contributed by atoms with van der Waals surface area (Å²) in [5.41, 5.74) is 1.06. The van der Waals surface area contributed by atoms with Gasteiger partial charge in [-0.1, -0.05) is 48.1 Å². The minimum atomic E-state index is 0.0276. The molecule has 1 aliphatic rings. The number of hydrogen-bond donors (Lipinski definition) is 2. The number of thiazole rings is 1. The quantitative estimate of drug-likeness (QED) is 0.748. The first-order valence-electron chi connectivity index (χ1n) is 8.35. The predicted octanol–water partition coefficient (Wildman–Crippen LogP) is 2.48. The third-order valence-electron chi connectivity index (χ3n) is 4.69. The van der Waals surface area contributed by atoms with Crippen LogP contribution in [-0.4, -0.2) is 32.8 Å². The number of quaternary nitrogens is 1. The number of aromatic nitrogens is 3. The summed E-state index contributed by atoms with van der Waals surface area (Å²) < 4.78 is 1.57. The lowest BCUT2D eigenvalue weighted by atomic mass is 10.0. The van der Waals surface area contributed by atoms with E-state index in [2.05, 4.69) is 16.1 Å². The Kier molecular flexibility index (Phi) is 4.20. The highest BCUT2D eigenvalue weighted by Crippen LogP contribution is 2.37. The second-order valence-electron chi connectivity index (χ2n) is 6.19. The third-order valence-corrected chi connectivity index (χ3v) is 6.12. The zero-order valence-corrected chi connectivity index (χ0v) is 15.1. The van der Waals surface area contributed by atoms with Crippen molar-refractivity contribution in [2.45, 2.75) is 32.2 Å². The van der Waals surface area contributed by atoms with E-state index < -0.39 is 0 Å². The molecule has 1 aliphatic heterocycles. The Labute approximate surface area is 149 Å². The predicted molar refractivity (Wildman–Crippen MR) is 95.1 cm³/mol. The van der Waals surface area contributed by atoms with Crippen LogP contribution in [0.5, 0.6) is 5.88 Å². The summed E-state index contributed by atoms with van der Waals surface area (Å²) in [6.07, 6.45) is 3.17. The van der Waals surface area contributed by atoms with Crippen molar-refractivity contribution in [2.24, 2.45) is 0 Å². The van der Waals surface area contributed by atoms with Gasteiger partial charge in [0.15, 0.2) is 11.9 Å². The van der Waals surface area contributed by atoms with Crippen LogP contribution in [0.1, 0.15) is 42.1 Å². The molecule has 7 heteroatoms. The summed E-state index contributed by atoms with van der Waals surface area (Å²) in [5, 5.41) is 15.9. The monoisotopic (exact) mass is 363 g/mol. The molecule has 24 heavy (non-hydrogen) atoms. The first-order chi connectivity index (χ1) is 11.7. The molecule has 126 valence electrons. The van der Waals surface area contributed by atoms with Gasteiger partial charge in [0.2, 0.25) is 10.8 Å². The summed E-state index contributed by atoms with van der Waals surface area (Å²) in [6, 6.07) is 7.96. The summed E-state index contributed by atoms with van der Waals surface area (Å²) >= 11 is 8.01. The van der Waals surface area contributed by atoms with E-state index in [0.29, 0.717) is 0 Å². The number of likely N-dealkylation sites (tertiary alicyclic amines) is 1. The maximum atomic E-state index is 10.8. The molecular weight excluding hydrogens is 344 g/mol. The largest absolute Gasteiger partial charge is 0.492 e. The molecule has 1 fully saturated rings. The maximum Gasteiger partial charge on any atom is 0.235 e. The zero-order valence-electron chi connectivity index (χ0n) is 13.5. The highest BCUT2D eigenvalue weighted by Gasteiger charge is 2.35. The number of fused-ring (bicyclic) bond motifs is 1. The minimum Gasteiger partial charge on any atom is -0.492 e. The van der Waals surface area contributed by atoms with Crippen LogP contribution < -0.4 is 4.90 Å². The Morgan fingerprint density at radius 2 is 2.08 bits per heavy atom. The molecule has 1 atom stereocenters. The standard InChI is InChI=1S/C17H19ClN4OS/c1-2-13-19-17-22(20-13)16(23)15(24-17)14(21-9-5-6-10-21)11-7-3-4-8-12(11)18/h3-4,7-8,14,23H,2,5-6,9-10H2,1H3/p+1/t14-/m1/s1. The Morgan fingerprint density at radius 1 is 1.33 bits per heavy atom. The van der Waals surface area contributed by atoms with E-state index in [1.807, 2.05) is 25.1 Å². The second kappa shape index (κ2) is 6.35. The lowest BCUT2D eigenvalue weighted by Crippen LogP contribution is -3.10. The summed E-state index contributed by atoms with van der Waals surface area (Å²) in [5.74, 6) is 0.956. The molecule has 0 saturated carbocycles. The average Bonchev–Trinajstić information content (AvgIpc) is 3.29. The minimum absolute atomic E-state index is 0.0276. The molecule has 1 saturated heterocycles. The van der Waals surface area contributed by atoms with Crippen molar-refractivity contribution in [3.05, 3.63) is 45.6 Å². The van der Waals surface area contributed by atoms with Crippen LogP contribution >= 0.6 is 22.9 Å². The Hall–Kier alpha value is -1.63. The normalized spacial score (nSPS) is 16.9. The second-order valence-corrected chi connectivity index (χ2v) is 7.60. The van der Waals surface area contributed by atoms with Crippen LogP contribution in [0, 0.1) is 0 Å². The van der Waals surface area contributed by atoms with Gasteiger partial charge >= 0.3 is 0 Å². The highest BCUT2D eigenvalue weighted by molar-refractivity contribution is 7.17. The van der Waals surface area contributed by atoms with Gasteiger partial charge in [-0.15, -0.1) is 5.10 Å². The molecule has 0 amide bonds. The molecule has 2 N–H and O–H groups in total. The molecule has 3 heterocycles. The number of hydrogen-bond acceptors (Lipinski definition) is 4. The number of aromatic hydroxyl groups is 1. The summed E-state index contributed by atoms with van der Waals surface area (Å²) in [7, 11) is 0. The molecule has 0 bridgehead atoms.